The number of hydrogen-bond donors (Lipinski definition) is 0. The van der Waals surface area contributed by atoms with Crippen molar-refractivity contribution in [2.75, 3.05) is 6.61 Å². The average molecular weight is 490 g/mol. The standard InChI is InChI=1S/C24H28AsFO3S/c1-2-3-4-14-21-28-25(26,27)29-30(22-15-8-5-9-16-22,23-17-10-6-11-18-23)24-19-12-7-13-20-24/h5-13,15-20H,2-4,14,21H2,1H3. The molecular weight excluding hydrogens is 462 g/mol. The normalized spacial score (nSPS) is 14.2. The fourth-order valence-electron chi connectivity index (χ4n) is 3.23. The molecule has 3 aromatic carbocycles. The number of benzene rings is 3. The van der Waals surface area contributed by atoms with Crippen molar-refractivity contribution >= 4 is 25.0 Å². The molecule has 30 heavy (non-hydrogen) atoms. The number of halogens is 1. The van der Waals surface area contributed by atoms with Crippen molar-refractivity contribution < 1.29 is 14.1 Å². The summed E-state index contributed by atoms with van der Waals surface area (Å²) in [4.78, 5) is 2.32. The van der Waals surface area contributed by atoms with Gasteiger partial charge in [-0.25, -0.2) is 0 Å². The van der Waals surface area contributed by atoms with Gasteiger partial charge in [0.25, 0.3) is 0 Å². The van der Waals surface area contributed by atoms with Crippen LogP contribution in [-0.2, 0) is 10.6 Å². The molecule has 0 amide bonds. The van der Waals surface area contributed by atoms with Gasteiger partial charge >= 0.3 is 184 Å². The summed E-state index contributed by atoms with van der Waals surface area (Å²) >= 11 is -5.56. The maximum atomic E-state index is 15.3. The molecule has 0 N–H and O–H groups in total. The van der Waals surface area contributed by atoms with E-state index in [4.69, 9.17) is 6.90 Å². The Hall–Kier alpha value is -1.78. The van der Waals surface area contributed by atoms with Crippen LogP contribution in [0.2, 0.25) is 0 Å². The summed E-state index contributed by atoms with van der Waals surface area (Å²) in [6.07, 6.45) is 3.69. The number of rotatable bonds is 11. The zero-order valence-corrected chi connectivity index (χ0v) is 19.8. The van der Waals surface area contributed by atoms with Crippen molar-refractivity contribution in [2.24, 2.45) is 0 Å². The van der Waals surface area contributed by atoms with Crippen LogP contribution in [0.4, 0.5) is 3.47 Å². The van der Waals surface area contributed by atoms with Crippen LogP contribution in [0, 0.1) is 0 Å². The third-order valence-electron chi connectivity index (χ3n) is 4.67. The Morgan fingerprint density at radius 3 is 1.57 bits per heavy atom. The SMILES string of the molecule is CCCCCCO[As](=O)(F)OS(c1ccccc1)(c1ccccc1)c1ccccc1. The molecule has 6 heteroatoms. The summed E-state index contributed by atoms with van der Waals surface area (Å²) in [5, 5.41) is 0. The van der Waals surface area contributed by atoms with Crippen LogP contribution in [0.25, 0.3) is 0 Å². The maximum absolute atomic E-state index is 15.3. The summed E-state index contributed by atoms with van der Waals surface area (Å²) in [5.41, 5.74) is 0. The van der Waals surface area contributed by atoms with Gasteiger partial charge in [0.2, 0.25) is 0 Å². The van der Waals surface area contributed by atoms with Crippen molar-refractivity contribution in [3.05, 3.63) is 91.0 Å². The van der Waals surface area contributed by atoms with Crippen molar-refractivity contribution in [1.29, 1.82) is 0 Å². The summed E-state index contributed by atoms with van der Waals surface area (Å²) in [7, 11) is -2.57. The molecule has 3 aromatic rings. The third-order valence-corrected chi connectivity index (χ3v) is 11.4. The fourth-order valence-corrected chi connectivity index (χ4v) is 10.5. The minimum absolute atomic E-state index is 0.0981. The van der Waals surface area contributed by atoms with Crippen molar-refractivity contribution in [3.8, 4) is 0 Å². The van der Waals surface area contributed by atoms with Gasteiger partial charge < -0.3 is 0 Å². The Morgan fingerprint density at radius 1 is 0.733 bits per heavy atom. The van der Waals surface area contributed by atoms with Crippen molar-refractivity contribution in [2.45, 2.75) is 47.3 Å². The third kappa shape index (κ3) is 5.67. The van der Waals surface area contributed by atoms with Crippen LogP contribution in [0.5, 0.6) is 0 Å². The van der Waals surface area contributed by atoms with Crippen molar-refractivity contribution in [3.63, 3.8) is 0 Å². The molecule has 0 aromatic heterocycles. The van der Waals surface area contributed by atoms with Gasteiger partial charge in [-0.1, -0.05) is 0 Å². The van der Waals surface area contributed by atoms with Crippen LogP contribution in [0.3, 0.4) is 0 Å². The minimum atomic E-state index is -5.56. The Kier molecular flexibility index (Phi) is 8.40. The molecule has 0 aliphatic heterocycles. The first-order valence-electron chi connectivity index (χ1n) is 10.2. The fraction of sp³-hybridized carbons (Fsp3) is 0.250. The summed E-state index contributed by atoms with van der Waals surface area (Å²) < 4.78 is 39.5. The van der Waals surface area contributed by atoms with E-state index in [0.717, 1.165) is 33.9 Å². The molecule has 0 heterocycles. The number of unbranched alkanes of at least 4 members (excludes halogenated alkanes) is 3. The molecule has 3 nitrogen and oxygen atoms in total. The molecule has 0 saturated carbocycles. The van der Waals surface area contributed by atoms with E-state index < -0.39 is 25.0 Å². The van der Waals surface area contributed by atoms with Gasteiger partial charge in [0.15, 0.2) is 0 Å². The van der Waals surface area contributed by atoms with Crippen LogP contribution in [0.1, 0.15) is 32.6 Å². The zero-order chi connectivity index (χ0) is 21.3. The quantitative estimate of drug-likeness (QED) is 0.209. The molecule has 1 unspecified atom stereocenters. The first-order chi connectivity index (χ1) is 14.6. The Morgan fingerprint density at radius 2 is 1.17 bits per heavy atom. The van der Waals surface area contributed by atoms with E-state index in [0.29, 0.717) is 6.42 Å². The van der Waals surface area contributed by atoms with Gasteiger partial charge in [0.1, 0.15) is 0 Å². The van der Waals surface area contributed by atoms with Gasteiger partial charge in [0, 0.05) is 0 Å². The molecule has 0 radical (unpaired) electrons. The van der Waals surface area contributed by atoms with Gasteiger partial charge in [-0.2, -0.15) is 0 Å². The second-order valence-corrected chi connectivity index (χ2v) is 12.9. The molecule has 3 rings (SSSR count). The molecule has 0 saturated heterocycles. The first kappa shape index (κ1) is 22.9. The molecule has 0 aliphatic rings. The van der Waals surface area contributed by atoms with Crippen LogP contribution in [0.15, 0.2) is 106 Å². The Bertz CT molecular complexity index is 842. The van der Waals surface area contributed by atoms with Gasteiger partial charge in [-0.15, -0.1) is 0 Å². The van der Waals surface area contributed by atoms with Crippen LogP contribution in [-0.4, -0.2) is 21.2 Å². The monoisotopic (exact) mass is 490 g/mol. The van der Waals surface area contributed by atoms with E-state index >= 15 is 3.47 Å². The van der Waals surface area contributed by atoms with Gasteiger partial charge in [-0.3, -0.25) is 0 Å². The van der Waals surface area contributed by atoms with E-state index in [2.05, 4.69) is 6.92 Å². The molecular formula is C24H28AsFO3S. The van der Waals surface area contributed by atoms with E-state index in [-0.39, 0.29) is 6.61 Å². The molecule has 160 valence electrons. The molecule has 0 fully saturated rings. The molecule has 0 bridgehead atoms. The van der Waals surface area contributed by atoms with E-state index in [1.54, 1.807) is 0 Å². The zero-order valence-electron chi connectivity index (χ0n) is 17.2. The average Bonchev–Trinajstić information content (AvgIpc) is 2.79. The topological polar surface area (TPSA) is 35.5 Å². The molecule has 0 spiro atoms. The van der Waals surface area contributed by atoms with E-state index in [1.807, 2.05) is 91.0 Å². The second-order valence-electron chi connectivity index (χ2n) is 6.89. The van der Waals surface area contributed by atoms with E-state index in [9.17, 15) is 3.74 Å². The van der Waals surface area contributed by atoms with E-state index in [1.165, 1.54) is 0 Å². The summed E-state index contributed by atoms with van der Waals surface area (Å²) in [6.45, 7) is 2.20. The van der Waals surface area contributed by atoms with Crippen LogP contribution >= 0.6 is 10.3 Å². The van der Waals surface area contributed by atoms with Crippen LogP contribution < -0.4 is 0 Å². The number of hydrogen-bond acceptors (Lipinski definition) is 3. The summed E-state index contributed by atoms with van der Waals surface area (Å²) in [6, 6.07) is 28.4. The van der Waals surface area contributed by atoms with Gasteiger partial charge in [-0.05, 0) is 0 Å². The molecule has 1 atom stereocenters. The van der Waals surface area contributed by atoms with Gasteiger partial charge in [0.05, 0.1) is 0 Å². The predicted octanol–water partition coefficient (Wildman–Crippen LogP) is 7.33. The first-order valence-corrected chi connectivity index (χ1v) is 14.8. The predicted molar refractivity (Wildman–Crippen MR) is 120 cm³/mol. The Balaban J connectivity index is 2.04. The Labute approximate surface area is 183 Å². The van der Waals surface area contributed by atoms with Crippen molar-refractivity contribution in [1.82, 2.24) is 0 Å². The summed E-state index contributed by atoms with van der Waals surface area (Å²) in [5.74, 6) is 0. The molecule has 0 aliphatic carbocycles. The second kappa shape index (κ2) is 11.0.